The van der Waals surface area contributed by atoms with Crippen LogP contribution in [0.1, 0.15) is 54.9 Å². The van der Waals surface area contributed by atoms with Crippen LogP contribution in [0.25, 0.3) is 0 Å². The first-order valence-corrected chi connectivity index (χ1v) is 8.62. The van der Waals surface area contributed by atoms with E-state index in [0.29, 0.717) is 12.5 Å². The van der Waals surface area contributed by atoms with Gasteiger partial charge in [-0.15, -0.1) is 0 Å². The molecule has 4 heteroatoms. The summed E-state index contributed by atoms with van der Waals surface area (Å²) in [5.74, 6) is 0.440. The standard InChI is InChI=1S/C12H18O.C6H13NO2.C2H6/c1-4-6-10(7-5-2)12(3)8-11(12)9-13;1-6(2,3)9-5(8)7-4;1-2/h4-7,11,13H,1,8-9H2,2-3H3;1-4H3,(H,7,8);1-2H3/b7-5-,10-6+;;. The quantitative estimate of drug-likeness (QED) is 0.719. The van der Waals surface area contributed by atoms with Crippen molar-refractivity contribution < 1.29 is 14.6 Å². The van der Waals surface area contributed by atoms with E-state index in [1.165, 1.54) is 12.6 Å². The maximum absolute atomic E-state index is 10.5. The van der Waals surface area contributed by atoms with Crippen LogP contribution in [0.5, 0.6) is 0 Å². The number of ether oxygens (including phenoxy) is 1. The van der Waals surface area contributed by atoms with E-state index >= 15 is 0 Å². The molecule has 2 unspecified atom stereocenters. The van der Waals surface area contributed by atoms with Gasteiger partial charge in [0.2, 0.25) is 0 Å². The van der Waals surface area contributed by atoms with Gasteiger partial charge in [0.05, 0.1) is 0 Å². The molecule has 1 aliphatic rings. The number of aliphatic hydroxyl groups is 1. The van der Waals surface area contributed by atoms with Gasteiger partial charge in [0.15, 0.2) is 0 Å². The first-order chi connectivity index (χ1) is 11.1. The molecule has 24 heavy (non-hydrogen) atoms. The first kappa shape index (κ1) is 24.7. The van der Waals surface area contributed by atoms with Gasteiger partial charge in [-0.3, -0.25) is 0 Å². The second-order valence-corrected chi connectivity index (χ2v) is 6.61. The molecule has 0 spiro atoms. The molecule has 0 aromatic heterocycles. The number of hydrogen-bond donors (Lipinski definition) is 2. The molecule has 140 valence electrons. The van der Waals surface area contributed by atoms with Gasteiger partial charge in [-0.25, -0.2) is 4.79 Å². The number of carbonyl (C=O) groups excluding carboxylic acids is 1. The predicted octanol–water partition coefficient (Wildman–Crippen LogP) is 4.86. The smallest absolute Gasteiger partial charge is 0.407 e. The Hall–Kier alpha value is -1.55. The van der Waals surface area contributed by atoms with Gasteiger partial charge in [-0.05, 0) is 51.0 Å². The molecule has 0 aromatic rings. The average molecular weight is 340 g/mol. The Kier molecular flexibility index (Phi) is 12.3. The van der Waals surface area contributed by atoms with Crippen LogP contribution in [0.15, 0.2) is 36.5 Å². The Balaban J connectivity index is 0. The van der Waals surface area contributed by atoms with Gasteiger partial charge >= 0.3 is 6.09 Å². The van der Waals surface area contributed by atoms with Gasteiger partial charge < -0.3 is 15.2 Å². The fraction of sp³-hybridized carbons (Fsp3) is 0.650. The van der Waals surface area contributed by atoms with Crippen LogP contribution in [0.3, 0.4) is 0 Å². The minimum atomic E-state index is -0.389. The zero-order chi connectivity index (χ0) is 19.4. The molecule has 0 aromatic carbocycles. The molecule has 0 radical (unpaired) electrons. The molecule has 2 N–H and O–H groups in total. The molecule has 1 aliphatic carbocycles. The summed E-state index contributed by atoms with van der Waals surface area (Å²) in [4.78, 5) is 10.5. The highest BCUT2D eigenvalue weighted by molar-refractivity contribution is 5.67. The normalized spacial score (nSPS) is 22.5. The molecule has 0 saturated heterocycles. The molecule has 0 heterocycles. The average Bonchev–Trinajstić information content (AvgIpc) is 3.20. The summed E-state index contributed by atoms with van der Waals surface area (Å²) in [6.45, 7) is 17.7. The van der Waals surface area contributed by atoms with E-state index in [4.69, 9.17) is 9.84 Å². The van der Waals surface area contributed by atoms with Crippen molar-refractivity contribution in [2.75, 3.05) is 13.7 Å². The maximum Gasteiger partial charge on any atom is 0.407 e. The van der Waals surface area contributed by atoms with E-state index in [1.54, 1.807) is 0 Å². The monoisotopic (exact) mass is 339 g/mol. The third-order valence-corrected chi connectivity index (χ3v) is 3.54. The van der Waals surface area contributed by atoms with E-state index in [1.807, 2.05) is 59.8 Å². The Morgan fingerprint density at radius 3 is 2.21 bits per heavy atom. The second kappa shape index (κ2) is 11.9. The van der Waals surface area contributed by atoms with Crippen molar-refractivity contribution in [1.82, 2.24) is 5.32 Å². The third-order valence-electron chi connectivity index (χ3n) is 3.54. The SMILES string of the molecule is C=C/C=C(\C=C/C)C1(C)CC1CO.CC.CNC(=O)OC(C)(C)C. The van der Waals surface area contributed by atoms with E-state index in [9.17, 15) is 4.79 Å². The lowest BCUT2D eigenvalue weighted by Gasteiger charge is -2.18. The van der Waals surface area contributed by atoms with Gasteiger partial charge in [-0.1, -0.05) is 51.7 Å². The van der Waals surface area contributed by atoms with E-state index < -0.39 is 0 Å². The van der Waals surface area contributed by atoms with E-state index in [0.717, 1.165) is 6.42 Å². The number of amides is 1. The molecule has 1 fully saturated rings. The van der Waals surface area contributed by atoms with Crippen LogP contribution in [-0.2, 0) is 4.74 Å². The zero-order valence-electron chi connectivity index (χ0n) is 16.8. The van der Waals surface area contributed by atoms with Crippen molar-refractivity contribution >= 4 is 6.09 Å². The third kappa shape index (κ3) is 9.56. The Bertz CT molecular complexity index is 433. The van der Waals surface area contributed by atoms with Crippen LogP contribution >= 0.6 is 0 Å². The van der Waals surface area contributed by atoms with Gasteiger partial charge in [0.1, 0.15) is 5.60 Å². The summed E-state index contributed by atoms with van der Waals surface area (Å²) in [6, 6.07) is 0. The lowest BCUT2D eigenvalue weighted by molar-refractivity contribution is 0.0541. The number of rotatable bonds is 4. The van der Waals surface area contributed by atoms with Crippen LogP contribution < -0.4 is 5.32 Å². The van der Waals surface area contributed by atoms with Crippen molar-refractivity contribution in [3.05, 3.63) is 36.5 Å². The topological polar surface area (TPSA) is 58.6 Å². The summed E-state index contributed by atoms with van der Waals surface area (Å²) < 4.78 is 4.84. The molecular formula is C20H37NO3. The largest absolute Gasteiger partial charge is 0.444 e. The summed E-state index contributed by atoms with van der Waals surface area (Å²) in [5.41, 5.74) is 1.08. The Labute approximate surface area is 148 Å². The Morgan fingerprint density at radius 2 is 1.96 bits per heavy atom. The fourth-order valence-corrected chi connectivity index (χ4v) is 2.14. The molecule has 1 rings (SSSR count). The summed E-state index contributed by atoms with van der Waals surface area (Å²) in [5, 5.41) is 11.4. The maximum atomic E-state index is 10.5. The minimum absolute atomic E-state index is 0.190. The van der Waals surface area contributed by atoms with Crippen LogP contribution in [0, 0.1) is 11.3 Å². The van der Waals surface area contributed by atoms with Crippen molar-refractivity contribution in [1.29, 1.82) is 0 Å². The lowest BCUT2D eigenvalue weighted by Crippen LogP contribution is -2.30. The second-order valence-electron chi connectivity index (χ2n) is 6.61. The molecule has 0 bridgehead atoms. The highest BCUT2D eigenvalue weighted by Gasteiger charge is 2.50. The predicted molar refractivity (Wildman–Crippen MR) is 103 cm³/mol. The zero-order valence-corrected chi connectivity index (χ0v) is 16.8. The van der Waals surface area contributed by atoms with Gasteiger partial charge in [-0.2, -0.15) is 0 Å². The number of allylic oxidation sites excluding steroid dienone is 5. The van der Waals surface area contributed by atoms with E-state index in [-0.39, 0.29) is 17.1 Å². The molecule has 1 saturated carbocycles. The van der Waals surface area contributed by atoms with Crippen LogP contribution in [0.2, 0.25) is 0 Å². The number of aliphatic hydroxyl groups excluding tert-OH is 1. The minimum Gasteiger partial charge on any atom is -0.444 e. The van der Waals surface area contributed by atoms with Crippen molar-refractivity contribution in [2.45, 2.75) is 60.5 Å². The molecule has 1 amide bonds. The lowest BCUT2D eigenvalue weighted by atomic mass is 9.94. The van der Waals surface area contributed by atoms with Gasteiger partial charge in [0, 0.05) is 13.7 Å². The number of nitrogens with one attached hydrogen (secondary N) is 1. The summed E-state index contributed by atoms with van der Waals surface area (Å²) >= 11 is 0. The molecular weight excluding hydrogens is 302 g/mol. The highest BCUT2D eigenvalue weighted by atomic mass is 16.6. The number of carbonyl (C=O) groups is 1. The molecule has 4 nitrogen and oxygen atoms in total. The van der Waals surface area contributed by atoms with Crippen LogP contribution in [-0.4, -0.2) is 30.5 Å². The fourth-order valence-electron chi connectivity index (χ4n) is 2.14. The van der Waals surface area contributed by atoms with Crippen molar-refractivity contribution in [3.63, 3.8) is 0 Å². The van der Waals surface area contributed by atoms with E-state index in [2.05, 4.69) is 24.9 Å². The van der Waals surface area contributed by atoms with Crippen molar-refractivity contribution in [2.24, 2.45) is 11.3 Å². The number of alkyl carbamates (subject to hydrolysis) is 1. The van der Waals surface area contributed by atoms with Gasteiger partial charge in [0.25, 0.3) is 0 Å². The summed E-state index contributed by atoms with van der Waals surface area (Å²) in [7, 11) is 1.54. The highest BCUT2D eigenvalue weighted by Crippen LogP contribution is 2.57. The summed E-state index contributed by atoms with van der Waals surface area (Å²) in [6.07, 6.45) is 8.70. The molecule has 2 atom stereocenters. The van der Waals surface area contributed by atoms with Crippen molar-refractivity contribution in [3.8, 4) is 0 Å². The molecule has 0 aliphatic heterocycles. The number of hydrogen-bond acceptors (Lipinski definition) is 3. The van der Waals surface area contributed by atoms with Crippen LogP contribution in [0.4, 0.5) is 4.79 Å². The Morgan fingerprint density at radius 1 is 1.42 bits per heavy atom. The first-order valence-electron chi connectivity index (χ1n) is 8.62.